The van der Waals surface area contributed by atoms with Crippen LogP contribution in [0, 0.1) is 5.41 Å². The van der Waals surface area contributed by atoms with E-state index in [-0.39, 0.29) is 12.4 Å². The number of ketones is 1. The second-order valence-electron chi connectivity index (χ2n) is 9.93. The maximum Gasteiger partial charge on any atom is 0.170 e. The van der Waals surface area contributed by atoms with Gasteiger partial charge in [-0.1, -0.05) is 39.8 Å². The second-order valence-corrected chi connectivity index (χ2v) is 9.93. The summed E-state index contributed by atoms with van der Waals surface area (Å²) in [6, 6.07) is 6.58. The number of allylic oxidation sites excluding steroid dienone is 2. The van der Waals surface area contributed by atoms with Gasteiger partial charge in [-0.25, -0.2) is 0 Å². The predicted octanol–water partition coefficient (Wildman–Crippen LogP) is 4.49. The number of aliphatic hydroxyl groups is 1. The first-order valence-electron chi connectivity index (χ1n) is 12.9. The minimum atomic E-state index is -0.420. The van der Waals surface area contributed by atoms with Crippen molar-refractivity contribution in [3.05, 3.63) is 52.2 Å². The van der Waals surface area contributed by atoms with Gasteiger partial charge in [-0.3, -0.25) is 4.79 Å². The Kier molecular flexibility index (Phi) is 11.2. The molecule has 2 aliphatic rings. The van der Waals surface area contributed by atoms with E-state index < -0.39 is 5.41 Å². The number of carbonyl (C=O) groups is 2. The molecule has 36 heavy (non-hydrogen) atoms. The van der Waals surface area contributed by atoms with Gasteiger partial charge in [-0.2, -0.15) is 0 Å². The average Bonchev–Trinajstić information content (AvgIpc) is 3.49. The van der Waals surface area contributed by atoms with Crippen molar-refractivity contribution in [1.82, 2.24) is 4.98 Å². The number of fused-ring (bicyclic) bond motifs is 1. The molecule has 1 fully saturated rings. The molecule has 6 heteroatoms. The van der Waals surface area contributed by atoms with Crippen LogP contribution in [0.2, 0.25) is 0 Å². The fourth-order valence-electron chi connectivity index (χ4n) is 4.30. The highest BCUT2D eigenvalue weighted by atomic mass is 16.5. The van der Waals surface area contributed by atoms with Crippen LogP contribution in [-0.2, 0) is 4.79 Å². The summed E-state index contributed by atoms with van der Waals surface area (Å²) in [6.45, 7) is 14.9. The number of rotatable bonds is 6. The Morgan fingerprint density at radius 3 is 2.39 bits per heavy atom. The standard InChI is InChI=1S/C27H34N2O2.C2H6O.CH2O/c1-5-13-31-22-15-20(14-21(17-22)29-11-6-7-12-29)19-9-8-10-25-23(16-19)24(18-28-25)26(30)27(2,3)4;1-2-3;1-2/h9-10,14-18,28H,5-8,11-13H2,1-4H3;3H,2H2,1H3;1H2. The number of aliphatic hydroxyl groups excluding tert-OH is 1. The molecule has 0 spiro atoms. The summed E-state index contributed by atoms with van der Waals surface area (Å²) in [5, 5.41) is 9.59. The molecule has 0 unspecified atom stereocenters. The number of hydrogen-bond donors (Lipinski definition) is 2. The molecule has 4 rings (SSSR count). The molecule has 1 saturated heterocycles. The molecule has 0 radical (unpaired) electrons. The summed E-state index contributed by atoms with van der Waals surface area (Å²) in [6.07, 6.45) is 12.7. The van der Waals surface area contributed by atoms with Crippen molar-refractivity contribution < 1.29 is 19.4 Å². The first kappa shape index (κ1) is 29.1. The number of H-pyrrole nitrogens is 1. The smallest absolute Gasteiger partial charge is 0.170 e. The molecule has 0 saturated carbocycles. The van der Waals surface area contributed by atoms with Crippen LogP contribution in [0.5, 0.6) is 5.75 Å². The molecule has 2 aromatic rings. The van der Waals surface area contributed by atoms with Crippen LogP contribution in [0.4, 0.5) is 5.69 Å². The van der Waals surface area contributed by atoms with Gasteiger partial charge in [0.05, 0.1) is 6.61 Å². The summed E-state index contributed by atoms with van der Waals surface area (Å²) in [5.41, 5.74) is 3.86. The zero-order valence-corrected chi connectivity index (χ0v) is 22.5. The van der Waals surface area contributed by atoms with Crippen LogP contribution in [-0.4, -0.2) is 49.0 Å². The van der Waals surface area contributed by atoms with Crippen molar-refractivity contribution in [1.29, 1.82) is 0 Å². The fourth-order valence-corrected chi connectivity index (χ4v) is 4.30. The molecular formula is C30H42N2O4. The Morgan fingerprint density at radius 1 is 1.11 bits per heavy atom. The quantitative estimate of drug-likeness (QED) is 0.578. The van der Waals surface area contributed by atoms with Crippen LogP contribution in [0.15, 0.2) is 30.5 Å². The zero-order valence-electron chi connectivity index (χ0n) is 22.5. The van der Waals surface area contributed by atoms with Crippen LogP contribution in [0.1, 0.15) is 76.2 Å². The zero-order chi connectivity index (χ0) is 26.7. The third-order valence-electron chi connectivity index (χ3n) is 6.01. The summed E-state index contributed by atoms with van der Waals surface area (Å²) in [7, 11) is 0. The number of ether oxygens (including phenoxy) is 1. The number of aromatic amines is 1. The number of benzene rings is 1. The molecule has 0 amide bonds. The average molecular weight is 495 g/mol. The van der Waals surface area contributed by atoms with E-state index >= 15 is 0 Å². The fraction of sp³-hybridized carbons (Fsp3) is 0.467. The minimum Gasteiger partial charge on any atom is -0.494 e. The number of Topliss-reactive ketones (excluding diaryl/α,β-unsaturated/α-hetero) is 1. The monoisotopic (exact) mass is 494 g/mol. The van der Waals surface area contributed by atoms with Crippen molar-refractivity contribution in [3.63, 3.8) is 0 Å². The lowest BCUT2D eigenvalue weighted by Crippen LogP contribution is -2.31. The highest BCUT2D eigenvalue weighted by molar-refractivity contribution is 6.02. The maximum absolute atomic E-state index is 13.1. The molecule has 2 N–H and O–H groups in total. The van der Waals surface area contributed by atoms with Gasteiger partial charge in [0.15, 0.2) is 5.78 Å². The summed E-state index contributed by atoms with van der Waals surface area (Å²) < 4.78 is 6.04. The number of nitrogens with one attached hydrogen (secondary N) is 1. The van der Waals surface area contributed by atoms with Crippen molar-refractivity contribution in [2.45, 2.75) is 60.3 Å². The number of nitrogens with zero attached hydrogens (tertiary/aromatic N) is 1. The van der Waals surface area contributed by atoms with Gasteiger partial charge in [-0.05, 0) is 62.0 Å². The SMILES string of the molecule is C=O.CCCOc1cc(C2=CCC=c3[nH]cc(C(=O)C(C)(C)C)c3=C2)cc(N2CCCC2)c1.CCO. The third kappa shape index (κ3) is 7.44. The molecule has 0 bridgehead atoms. The molecule has 1 aliphatic carbocycles. The number of carbonyl (C=O) groups excluding carboxylic acids is 2. The van der Waals surface area contributed by atoms with Crippen LogP contribution < -0.4 is 20.2 Å². The first-order valence-corrected chi connectivity index (χ1v) is 12.9. The van der Waals surface area contributed by atoms with E-state index in [9.17, 15) is 4.79 Å². The maximum atomic E-state index is 13.1. The van der Waals surface area contributed by atoms with Gasteiger partial charge in [0.25, 0.3) is 0 Å². The summed E-state index contributed by atoms with van der Waals surface area (Å²) in [5.74, 6) is 1.08. The molecule has 2 heterocycles. The molecular weight excluding hydrogens is 452 g/mol. The molecule has 6 nitrogen and oxygen atoms in total. The van der Waals surface area contributed by atoms with E-state index in [4.69, 9.17) is 14.6 Å². The van der Waals surface area contributed by atoms with Gasteiger partial charge in [-0.15, -0.1) is 0 Å². The highest BCUT2D eigenvalue weighted by Gasteiger charge is 2.25. The number of anilines is 1. The van der Waals surface area contributed by atoms with E-state index in [2.05, 4.69) is 53.2 Å². The Hall–Kier alpha value is -3.12. The minimum absolute atomic E-state index is 0.161. The third-order valence-corrected chi connectivity index (χ3v) is 6.01. The van der Waals surface area contributed by atoms with Crippen molar-refractivity contribution in [3.8, 4) is 5.75 Å². The highest BCUT2D eigenvalue weighted by Crippen LogP contribution is 2.31. The lowest BCUT2D eigenvalue weighted by Gasteiger charge is -2.20. The van der Waals surface area contributed by atoms with E-state index in [1.165, 1.54) is 18.5 Å². The Morgan fingerprint density at radius 2 is 1.78 bits per heavy atom. The van der Waals surface area contributed by atoms with Gasteiger partial charge >= 0.3 is 0 Å². The van der Waals surface area contributed by atoms with Crippen LogP contribution in [0.25, 0.3) is 17.7 Å². The van der Waals surface area contributed by atoms with Crippen LogP contribution in [0.3, 0.4) is 0 Å². The van der Waals surface area contributed by atoms with Crippen LogP contribution >= 0.6 is 0 Å². The molecule has 1 aliphatic heterocycles. The van der Waals surface area contributed by atoms with Crippen molar-refractivity contribution in [2.24, 2.45) is 5.41 Å². The lowest BCUT2D eigenvalue weighted by molar-refractivity contribution is -0.0980. The number of aromatic nitrogens is 1. The largest absolute Gasteiger partial charge is 0.494 e. The van der Waals surface area contributed by atoms with E-state index in [1.807, 2.05) is 33.8 Å². The van der Waals surface area contributed by atoms with Gasteiger partial charge in [0.2, 0.25) is 0 Å². The molecule has 1 aromatic heterocycles. The van der Waals surface area contributed by atoms with Crippen molar-refractivity contribution in [2.75, 3.05) is 31.2 Å². The molecule has 196 valence electrons. The summed E-state index contributed by atoms with van der Waals surface area (Å²) >= 11 is 0. The normalized spacial score (nSPS) is 14.5. The number of hydrogen-bond acceptors (Lipinski definition) is 5. The van der Waals surface area contributed by atoms with E-state index in [0.29, 0.717) is 6.61 Å². The van der Waals surface area contributed by atoms with E-state index in [0.717, 1.165) is 58.9 Å². The molecule has 1 aromatic carbocycles. The van der Waals surface area contributed by atoms with Gasteiger partial charge in [0, 0.05) is 59.2 Å². The summed E-state index contributed by atoms with van der Waals surface area (Å²) in [4.78, 5) is 26.8. The molecule has 0 atom stereocenters. The second kappa shape index (κ2) is 13.8. The predicted molar refractivity (Wildman–Crippen MR) is 149 cm³/mol. The topological polar surface area (TPSA) is 82.6 Å². The Labute approximate surface area is 215 Å². The van der Waals surface area contributed by atoms with Crippen molar-refractivity contribution >= 4 is 36.0 Å². The van der Waals surface area contributed by atoms with E-state index in [1.54, 1.807) is 6.92 Å². The first-order chi connectivity index (χ1) is 17.3. The Balaban J connectivity index is 0.000000850. The van der Waals surface area contributed by atoms with Gasteiger partial charge in [0.1, 0.15) is 12.5 Å². The van der Waals surface area contributed by atoms with Gasteiger partial charge < -0.3 is 24.5 Å². The Bertz CT molecular complexity index is 1150. The lowest BCUT2D eigenvalue weighted by atomic mass is 9.86.